The number of hydrogen-bond acceptors (Lipinski definition) is 5. The fourth-order valence-electron chi connectivity index (χ4n) is 4.41. The SMILES string of the molecule is Cc1c(C(=O)NCCc2ccccc2)oc2c1/C(=N/NC(=O)c1ccc3ccccc3n1)CCC2. The number of aryl methyl sites for hydroxylation is 1. The Morgan fingerprint density at radius 1 is 0.971 bits per heavy atom. The van der Waals surface area contributed by atoms with Crippen molar-refractivity contribution < 1.29 is 14.0 Å². The predicted octanol–water partition coefficient (Wildman–Crippen LogP) is 4.58. The van der Waals surface area contributed by atoms with E-state index in [1.54, 1.807) is 6.07 Å². The molecule has 2 aromatic carbocycles. The lowest BCUT2D eigenvalue weighted by Gasteiger charge is -2.13. The van der Waals surface area contributed by atoms with Crippen molar-refractivity contribution in [1.29, 1.82) is 0 Å². The highest BCUT2D eigenvalue weighted by atomic mass is 16.4. The summed E-state index contributed by atoms with van der Waals surface area (Å²) in [5.41, 5.74) is 7.12. The Hall–Kier alpha value is -4.26. The van der Waals surface area contributed by atoms with Crippen LogP contribution < -0.4 is 10.7 Å². The van der Waals surface area contributed by atoms with Crippen molar-refractivity contribution in [3.8, 4) is 0 Å². The molecular weight excluding hydrogens is 440 g/mol. The Morgan fingerprint density at radius 2 is 1.77 bits per heavy atom. The maximum Gasteiger partial charge on any atom is 0.289 e. The zero-order valence-corrected chi connectivity index (χ0v) is 19.5. The molecule has 5 rings (SSSR count). The van der Waals surface area contributed by atoms with E-state index in [4.69, 9.17) is 4.42 Å². The van der Waals surface area contributed by atoms with Crippen LogP contribution in [-0.2, 0) is 12.8 Å². The number of furan rings is 1. The van der Waals surface area contributed by atoms with Gasteiger partial charge in [0, 0.05) is 29.5 Å². The number of nitrogens with one attached hydrogen (secondary N) is 2. The van der Waals surface area contributed by atoms with E-state index in [2.05, 4.69) is 20.8 Å². The third-order valence-electron chi connectivity index (χ3n) is 6.20. The van der Waals surface area contributed by atoms with Gasteiger partial charge in [-0.05, 0) is 43.9 Å². The van der Waals surface area contributed by atoms with E-state index >= 15 is 0 Å². The maximum absolute atomic E-state index is 12.8. The van der Waals surface area contributed by atoms with E-state index in [9.17, 15) is 9.59 Å². The van der Waals surface area contributed by atoms with Gasteiger partial charge in [0.25, 0.3) is 11.8 Å². The van der Waals surface area contributed by atoms with Gasteiger partial charge in [0.05, 0.1) is 11.2 Å². The summed E-state index contributed by atoms with van der Waals surface area (Å²) in [7, 11) is 0. The van der Waals surface area contributed by atoms with Gasteiger partial charge in [0.1, 0.15) is 11.5 Å². The molecule has 0 atom stereocenters. The molecule has 35 heavy (non-hydrogen) atoms. The topological polar surface area (TPSA) is 96.6 Å². The van der Waals surface area contributed by atoms with Crippen molar-refractivity contribution >= 4 is 28.4 Å². The molecule has 0 unspecified atom stereocenters. The van der Waals surface area contributed by atoms with Crippen molar-refractivity contribution in [2.24, 2.45) is 5.10 Å². The van der Waals surface area contributed by atoms with E-state index in [0.717, 1.165) is 52.6 Å². The van der Waals surface area contributed by atoms with E-state index < -0.39 is 0 Å². The summed E-state index contributed by atoms with van der Waals surface area (Å²) < 4.78 is 5.95. The Balaban J connectivity index is 1.29. The van der Waals surface area contributed by atoms with Crippen LogP contribution in [0.4, 0.5) is 0 Å². The van der Waals surface area contributed by atoms with Crippen LogP contribution in [0.25, 0.3) is 10.9 Å². The highest BCUT2D eigenvalue weighted by Crippen LogP contribution is 2.30. The van der Waals surface area contributed by atoms with Crippen LogP contribution in [0.15, 0.2) is 76.2 Å². The van der Waals surface area contributed by atoms with Gasteiger partial charge in [-0.2, -0.15) is 5.10 Å². The second kappa shape index (κ2) is 9.93. The quantitative estimate of drug-likeness (QED) is 0.407. The molecule has 1 aliphatic carbocycles. The lowest BCUT2D eigenvalue weighted by molar-refractivity contribution is 0.0922. The maximum atomic E-state index is 12.8. The first-order valence-electron chi connectivity index (χ1n) is 11.8. The lowest BCUT2D eigenvalue weighted by Crippen LogP contribution is -2.26. The van der Waals surface area contributed by atoms with Crippen LogP contribution in [0.5, 0.6) is 0 Å². The molecule has 0 bridgehead atoms. The zero-order valence-electron chi connectivity index (χ0n) is 19.5. The number of rotatable bonds is 6. The smallest absolute Gasteiger partial charge is 0.289 e. The minimum absolute atomic E-state index is 0.239. The Kier molecular flexibility index (Phi) is 6.39. The van der Waals surface area contributed by atoms with Gasteiger partial charge in [-0.15, -0.1) is 0 Å². The van der Waals surface area contributed by atoms with Crippen molar-refractivity contribution in [1.82, 2.24) is 15.7 Å². The van der Waals surface area contributed by atoms with Crippen molar-refractivity contribution in [3.05, 3.63) is 101 Å². The number of benzene rings is 2. The Bertz CT molecular complexity index is 1420. The van der Waals surface area contributed by atoms with Crippen LogP contribution in [0, 0.1) is 6.92 Å². The molecule has 2 N–H and O–H groups in total. The highest BCUT2D eigenvalue weighted by molar-refractivity contribution is 6.07. The number of nitrogens with zero attached hydrogens (tertiary/aromatic N) is 2. The van der Waals surface area contributed by atoms with Gasteiger partial charge < -0.3 is 9.73 Å². The van der Waals surface area contributed by atoms with Crippen LogP contribution in [-0.4, -0.2) is 29.1 Å². The number of hydrogen-bond donors (Lipinski definition) is 2. The highest BCUT2D eigenvalue weighted by Gasteiger charge is 2.28. The van der Waals surface area contributed by atoms with Crippen molar-refractivity contribution in [3.63, 3.8) is 0 Å². The van der Waals surface area contributed by atoms with Crippen molar-refractivity contribution in [2.75, 3.05) is 6.54 Å². The summed E-state index contributed by atoms with van der Waals surface area (Å²) in [5, 5.41) is 8.32. The fourth-order valence-corrected chi connectivity index (χ4v) is 4.41. The molecule has 1 aliphatic rings. The number of para-hydroxylation sites is 1. The first-order valence-corrected chi connectivity index (χ1v) is 11.8. The number of carbonyl (C=O) groups is 2. The van der Waals surface area contributed by atoms with E-state index in [1.807, 2.05) is 67.6 Å². The summed E-state index contributed by atoms with van der Waals surface area (Å²) in [6, 6.07) is 21.2. The summed E-state index contributed by atoms with van der Waals surface area (Å²) in [6.45, 7) is 2.38. The van der Waals surface area contributed by atoms with Gasteiger partial charge in [-0.25, -0.2) is 10.4 Å². The molecule has 0 spiro atoms. The molecule has 2 amide bonds. The van der Waals surface area contributed by atoms with Gasteiger partial charge >= 0.3 is 0 Å². The number of pyridine rings is 1. The summed E-state index contributed by atoms with van der Waals surface area (Å²) in [6.07, 6.45) is 2.99. The van der Waals surface area contributed by atoms with Crippen LogP contribution in [0.2, 0.25) is 0 Å². The third-order valence-corrected chi connectivity index (χ3v) is 6.20. The molecule has 7 nitrogen and oxygen atoms in total. The molecule has 0 saturated heterocycles. The number of hydrazone groups is 1. The summed E-state index contributed by atoms with van der Waals surface area (Å²) in [5.74, 6) is 0.422. The average molecular weight is 467 g/mol. The van der Waals surface area contributed by atoms with E-state index in [-0.39, 0.29) is 11.8 Å². The number of amides is 2. The molecular formula is C28H26N4O3. The monoisotopic (exact) mass is 466 g/mol. The molecule has 2 heterocycles. The summed E-state index contributed by atoms with van der Waals surface area (Å²) >= 11 is 0. The second-order valence-electron chi connectivity index (χ2n) is 8.59. The Labute approximate surface area is 203 Å². The first-order chi connectivity index (χ1) is 17.1. The minimum Gasteiger partial charge on any atom is -0.455 e. The Morgan fingerprint density at radius 3 is 2.63 bits per heavy atom. The molecule has 7 heteroatoms. The third kappa shape index (κ3) is 4.84. The minimum atomic E-state index is -0.379. The van der Waals surface area contributed by atoms with Gasteiger partial charge in [0.15, 0.2) is 5.76 Å². The normalized spacial score (nSPS) is 14.0. The second-order valence-corrected chi connectivity index (χ2v) is 8.59. The zero-order chi connectivity index (χ0) is 24.2. The molecule has 0 saturated carbocycles. The van der Waals surface area contributed by atoms with Crippen LogP contribution in [0.3, 0.4) is 0 Å². The first kappa shape index (κ1) is 22.5. The van der Waals surface area contributed by atoms with Crippen molar-refractivity contribution in [2.45, 2.75) is 32.6 Å². The molecule has 2 aromatic heterocycles. The van der Waals surface area contributed by atoms with Gasteiger partial charge in [-0.1, -0.05) is 54.6 Å². The molecule has 0 radical (unpaired) electrons. The molecule has 0 aliphatic heterocycles. The van der Waals surface area contributed by atoms with E-state index in [1.165, 1.54) is 0 Å². The fraction of sp³-hybridized carbons (Fsp3) is 0.214. The van der Waals surface area contributed by atoms with Gasteiger partial charge in [0.2, 0.25) is 0 Å². The average Bonchev–Trinajstić information content (AvgIpc) is 3.24. The molecule has 4 aromatic rings. The van der Waals surface area contributed by atoms with E-state index in [0.29, 0.717) is 30.1 Å². The number of aromatic nitrogens is 1. The lowest BCUT2D eigenvalue weighted by atomic mass is 9.93. The number of carbonyl (C=O) groups excluding carboxylic acids is 2. The summed E-state index contributed by atoms with van der Waals surface area (Å²) in [4.78, 5) is 29.9. The number of fused-ring (bicyclic) bond motifs is 2. The van der Waals surface area contributed by atoms with Crippen LogP contribution >= 0.6 is 0 Å². The standard InChI is InChI=1S/C28H26N4O3/c1-18-25-22(31-32-27(33)23-15-14-20-10-5-6-11-21(20)30-23)12-7-13-24(25)35-26(18)28(34)29-17-16-19-8-3-2-4-9-19/h2-6,8-11,14-15H,7,12-13,16-17H2,1H3,(H,29,34)(H,32,33)/b31-22+. The van der Waals surface area contributed by atoms with Crippen LogP contribution in [0.1, 0.15) is 56.3 Å². The predicted molar refractivity (Wildman–Crippen MR) is 135 cm³/mol. The van der Waals surface area contributed by atoms with Gasteiger partial charge in [-0.3, -0.25) is 9.59 Å². The largest absolute Gasteiger partial charge is 0.455 e. The molecule has 0 fully saturated rings. The molecule has 176 valence electrons.